The fraction of sp³-hybridized carbons (Fsp3) is 0.583. The lowest BCUT2D eigenvalue weighted by atomic mass is 10.3. The van der Waals surface area contributed by atoms with Gasteiger partial charge in [0.2, 0.25) is 0 Å². The molecule has 1 atom stereocenters. The van der Waals surface area contributed by atoms with E-state index in [1.807, 2.05) is 13.8 Å². The minimum absolute atomic E-state index is 0.269. The van der Waals surface area contributed by atoms with E-state index in [4.69, 9.17) is 0 Å². The molecule has 2 heterocycles. The molecule has 2 rings (SSSR count). The molecule has 2 aromatic rings. The molecule has 4 nitrogen and oxygen atoms in total. The number of nitrogens with zero attached hydrogens (tertiary/aromatic N) is 3. The van der Waals surface area contributed by atoms with Gasteiger partial charge in [-0.05, 0) is 33.7 Å². The average Bonchev–Trinajstić information content (AvgIpc) is 2.92. The zero-order chi connectivity index (χ0) is 13.1. The maximum Gasteiger partial charge on any atom is 0.159 e. The summed E-state index contributed by atoms with van der Waals surface area (Å²) < 4.78 is 0. The van der Waals surface area contributed by atoms with Crippen molar-refractivity contribution in [2.45, 2.75) is 40.2 Å². The van der Waals surface area contributed by atoms with Gasteiger partial charge in [-0.25, -0.2) is 4.98 Å². The van der Waals surface area contributed by atoms with Gasteiger partial charge in [0.05, 0.1) is 21.6 Å². The summed E-state index contributed by atoms with van der Waals surface area (Å²) in [6, 6.07) is 0.269. The van der Waals surface area contributed by atoms with Gasteiger partial charge < -0.3 is 5.32 Å². The Morgan fingerprint density at radius 3 is 2.61 bits per heavy atom. The second-order valence-corrected chi connectivity index (χ2v) is 6.48. The lowest BCUT2D eigenvalue weighted by Crippen LogP contribution is -2.18. The minimum Gasteiger partial charge on any atom is -0.308 e. The van der Waals surface area contributed by atoms with Crippen LogP contribution in [0.4, 0.5) is 0 Å². The van der Waals surface area contributed by atoms with Crippen LogP contribution in [-0.2, 0) is 0 Å². The number of thiazole rings is 1. The molecule has 0 bridgehead atoms. The van der Waals surface area contributed by atoms with Gasteiger partial charge in [-0.15, -0.1) is 21.5 Å². The highest BCUT2D eigenvalue weighted by atomic mass is 32.1. The van der Waals surface area contributed by atoms with E-state index < -0.39 is 0 Å². The van der Waals surface area contributed by atoms with Crippen molar-refractivity contribution >= 4 is 22.7 Å². The number of aromatic nitrogens is 3. The molecule has 2 aromatic heterocycles. The maximum absolute atomic E-state index is 4.43. The van der Waals surface area contributed by atoms with Gasteiger partial charge in [-0.1, -0.05) is 18.3 Å². The third-order valence-corrected chi connectivity index (χ3v) is 4.94. The summed E-state index contributed by atoms with van der Waals surface area (Å²) in [5, 5.41) is 15.1. The van der Waals surface area contributed by atoms with Crippen LogP contribution in [0.1, 0.15) is 42.0 Å². The van der Waals surface area contributed by atoms with Crippen molar-refractivity contribution in [3.63, 3.8) is 0 Å². The van der Waals surface area contributed by atoms with Gasteiger partial charge in [0.15, 0.2) is 5.01 Å². The van der Waals surface area contributed by atoms with Crippen LogP contribution >= 0.6 is 22.7 Å². The highest BCUT2D eigenvalue weighted by Gasteiger charge is 2.15. The largest absolute Gasteiger partial charge is 0.308 e. The third kappa shape index (κ3) is 2.93. The summed E-state index contributed by atoms with van der Waals surface area (Å²) in [4.78, 5) is 5.58. The second kappa shape index (κ2) is 5.86. The lowest BCUT2D eigenvalue weighted by molar-refractivity contribution is 0.564. The molecule has 6 heteroatoms. The van der Waals surface area contributed by atoms with Crippen molar-refractivity contribution in [2.24, 2.45) is 0 Å². The van der Waals surface area contributed by atoms with Crippen LogP contribution in [-0.4, -0.2) is 21.7 Å². The van der Waals surface area contributed by atoms with Gasteiger partial charge in [0.25, 0.3) is 0 Å². The predicted octanol–water partition coefficient (Wildman–Crippen LogP) is 3.34. The van der Waals surface area contributed by atoms with Crippen molar-refractivity contribution in [1.82, 2.24) is 20.5 Å². The first-order valence-corrected chi connectivity index (χ1v) is 7.76. The summed E-state index contributed by atoms with van der Waals surface area (Å²) in [7, 11) is 0. The van der Waals surface area contributed by atoms with Crippen LogP contribution in [0.3, 0.4) is 0 Å². The molecule has 0 saturated carbocycles. The first kappa shape index (κ1) is 13.6. The highest BCUT2D eigenvalue weighted by Crippen LogP contribution is 2.33. The smallest absolute Gasteiger partial charge is 0.159 e. The fourth-order valence-electron chi connectivity index (χ4n) is 1.68. The molecule has 18 heavy (non-hydrogen) atoms. The summed E-state index contributed by atoms with van der Waals surface area (Å²) in [5.74, 6) is 0. The van der Waals surface area contributed by atoms with Crippen LogP contribution in [0, 0.1) is 13.8 Å². The van der Waals surface area contributed by atoms with Crippen LogP contribution in [0.5, 0.6) is 0 Å². The standard InChI is InChI=1S/C12H18N4S2/c1-5-6-13-8(3)11-15-16-12(18-11)10-7(2)14-9(4)17-10/h8,13H,5-6H2,1-4H3. The van der Waals surface area contributed by atoms with E-state index in [2.05, 4.69) is 34.3 Å². The van der Waals surface area contributed by atoms with E-state index in [1.54, 1.807) is 22.7 Å². The van der Waals surface area contributed by atoms with Gasteiger partial charge >= 0.3 is 0 Å². The molecule has 0 aliphatic rings. The van der Waals surface area contributed by atoms with E-state index in [0.717, 1.165) is 38.6 Å². The zero-order valence-corrected chi connectivity index (χ0v) is 12.8. The first-order valence-electron chi connectivity index (χ1n) is 6.13. The monoisotopic (exact) mass is 282 g/mol. The normalized spacial score (nSPS) is 12.9. The SMILES string of the molecule is CCCNC(C)c1nnc(-c2sc(C)nc2C)s1. The molecular formula is C12H18N4S2. The molecule has 0 saturated heterocycles. The van der Waals surface area contributed by atoms with Crippen molar-refractivity contribution < 1.29 is 0 Å². The lowest BCUT2D eigenvalue weighted by Gasteiger charge is -2.08. The zero-order valence-electron chi connectivity index (χ0n) is 11.1. The van der Waals surface area contributed by atoms with E-state index in [0.29, 0.717) is 0 Å². The number of hydrogen-bond acceptors (Lipinski definition) is 6. The maximum atomic E-state index is 4.43. The summed E-state index contributed by atoms with van der Waals surface area (Å²) in [5.41, 5.74) is 1.05. The average molecular weight is 282 g/mol. The first-order chi connectivity index (χ1) is 8.61. The Labute approximate surface area is 116 Å². The van der Waals surface area contributed by atoms with Gasteiger partial charge in [-0.3, -0.25) is 0 Å². The van der Waals surface area contributed by atoms with Crippen LogP contribution in [0.2, 0.25) is 0 Å². The van der Waals surface area contributed by atoms with Crippen molar-refractivity contribution in [1.29, 1.82) is 0 Å². The second-order valence-electron chi connectivity index (χ2n) is 4.27. The Morgan fingerprint density at radius 2 is 2.00 bits per heavy atom. The van der Waals surface area contributed by atoms with Crippen molar-refractivity contribution in [3.8, 4) is 9.88 Å². The Kier molecular flexibility index (Phi) is 4.42. The van der Waals surface area contributed by atoms with Gasteiger partial charge in [-0.2, -0.15) is 0 Å². The van der Waals surface area contributed by atoms with E-state index in [-0.39, 0.29) is 6.04 Å². The van der Waals surface area contributed by atoms with Crippen LogP contribution in [0.15, 0.2) is 0 Å². The minimum atomic E-state index is 0.269. The quantitative estimate of drug-likeness (QED) is 0.914. The molecular weight excluding hydrogens is 264 g/mol. The van der Waals surface area contributed by atoms with Gasteiger partial charge in [0, 0.05) is 0 Å². The number of aryl methyl sites for hydroxylation is 2. The van der Waals surface area contributed by atoms with E-state index in [1.165, 1.54) is 0 Å². The Morgan fingerprint density at radius 1 is 1.22 bits per heavy atom. The summed E-state index contributed by atoms with van der Waals surface area (Å²) in [6.45, 7) is 9.35. The molecule has 0 aliphatic carbocycles. The van der Waals surface area contributed by atoms with Crippen LogP contribution < -0.4 is 5.32 Å². The summed E-state index contributed by atoms with van der Waals surface area (Å²) >= 11 is 3.34. The van der Waals surface area contributed by atoms with Crippen molar-refractivity contribution in [2.75, 3.05) is 6.54 Å². The molecule has 0 fully saturated rings. The fourth-order valence-corrected chi connectivity index (χ4v) is 3.59. The topological polar surface area (TPSA) is 50.7 Å². The molecule has 1 unspecified atom stereocenters. The van der Waals surface area contributed by atoms with E-state index >= 15 is 0 Å². The molecule has 0 spiro atoms. The summed E-state index contributed by atoms with van der Waals surface area (Å²) in [6.07, 6.45) is 1.13. The number of nitrogens with one attached hydrogen (secondary N) is 1. The predicted molar refractivity (Wildman–Crippen MR) is 77.2 cm³/mol. The molecule has 0 aromatic carbocycles. The molecule has 1 N–H and O–H groups in total. The van der Waals surface area contributed by atoms with Gasteiger partial charge in [0.1, 0.15) is 5.01 Å². The third-order valence-electron chi connectivity index (χ3n) is 2.61. The Balaban J connectivity index is 2.17. The molecule has 0 amide bonds. The Bertz CT molecular complexity index is 518. The van der Waals surface area contributed by atoms with Crippen molar-refractivity contribution in [3.05, 3.63) is 15.7 Å². The highest BCUT2D eigenvalue weighted by molar-refractivity contribution is 7.21. The van der Waals surface area contributed by atoms with E-state index in [9.17, 15) is 0 Å². The Hall–Kier alpha value is -0.850. The molecule has 0 aliphatic heterocycles. The number of rotatable bonds is 5. The van der Waals surface area contributed by atoms with Crippen LogP contribution in [0.25, 0.3) is 9.88 Å². The molecule has 98 valence electrons. The molecule has 0 radical (unpaired) electrons. The number of hydrogen-bond donors (Lipinski definition) is 1.